The molecule has 2 aliphatic rings. The third-order valence-electron chi connectivity index (χ3n) is 4.71. The number of halogens is 1. The second-order valence-electron chi connectivity index (χ2n) is 6.11. The zero-order valence-electron chi connectivity index (χ0n) is 11.4. The molecule has 2 saturated carbocycles. The van der Waals surface area contributed by atoms with Crippen LogP contribution in [0.15, 0.2) is 28.7 Å². The van der Waals surface area contributed by atoms with Gasteiger partial charge in [0.15, 0.2) is 0 Å². The normalized spacial score (nSPS) is 27.3. The zero-order valence-corrected chi connectivity index (χ0v) is 13.0. The van der Waals surface area contributed by atoms with Crippen LogP contribution in [-0.2, 0) is 10.2 Å². The average Bonchev–Trinajstić information content (AvgIpc) is 3.11. The minimum absolute atomic E-state index is 0.0243. The maximum atomic E-state index is 12.1. The van der Waals surface area contributed by atoms with Gasteiger partial charge in [-0.15, -0.1) is 0 Å². The molecule has 0 heterocycles. The van der Waals surface area contributed by atoms with E-state index in [1.165, 1.54) is 5.56 Å². The number of carbonyl (C=O) groups excluding carboxylic acids is 1. The van der Waals surface area contributed by atoms with Gasteiger partial charge in [-0.1, -0.05) is 28.1 Å². The lowest BCUT2D eigenvalue weighted by atomic mass is 9.95. The molecule has 2 atom stereocenters. The molecular weight excluding hydrogens is 318 g/mol. The molecule has 4 heteroatoms. The van der Waals surface area contributed by atoms with Gasteiger partial charge in [0, 0.05) is 16.4 Å². The highest BCUT2D eigenvalue weighted by atomic mass is 79.9. The lowest BCUT2D eigenvalue weighted by Gasteiger charge is -2.20. The van der Waals surface area contributed by atoms with E-state index in [4.69, 9.17) is 0 Å². The fraction of sp³-hybridized carbons (Fsp3) is 0.562. The summed E-state index contributed by atoms with van der Waals surface area (Å²) in [5.41, 5.74) is 1.40. The molecule has 0 radical (unpaired) electrons. The van der Waals surface area contributed by atoms with E-state index < -0.39 is 6.10 Å². The molecule has 1 aromatic rings. The fourth-order valence-corrected chi connectivity index (χ4v) is 3.57. The number of aliphatic hydroxyl groups is 1. The summed E-state index contributed by atoms with van der Waals surface area (Å²) in [6.07, 6.45) is 4.33. The number of amides is 1. The van der Waals surface area contributed by atoms with Crippen molar-refractivity contribution in [2.24, 2.45) is 5.92 Å². The lowest BCUT2D eigenvalue weighted by molar-refractivity contribution is -0.127. The van der Waals surface area contributed by atoms with Crippen molar-refractivity contribution in [3.8, 4) is 0 Å². The molecule has 0 aliphatic heterocycles. The first-order chi connectivity index (χ1) is 9.61. The van der Waals surface area contributed by atoms with E-state index in [2.05, 4.69) is 33.4 Å². The van der Waals surface area contributed by atoms with Gasteiger partial charge in [-0.25, -0.2) is 0 Å². The van der Waals surface area contributed by atoms with E-state index in [-0.39, 0.29) is 17.2 Å². The molecule has 3 nitrogen and oxygen atoms in total. The van der Waals surface area contributed by atoms with Crippen LogP contribution in [0.5, 0.6) is 0 Å². The first-order valence-electron chi connectivity index (χ1n) is 7.33. The van der Waals surface area contributed by atoms with E-state index in [0.717, 1.165) is 36.6 Å². The van der Waals surface area contributed by atoms with Gasteiger partial charge >= 0.3 is 0 Å². The van der Waals surface area contributed by atoms with Gasteiger partial charge in [-0.05, 0) is 49.8 Å². The molecule has 1 aromatic carbocycles. The Kier molecular flexibility index (Phi) is 3.87. The van der Waals surface area contributed by atoms with Crippen LogP contribution in [0, 0.1) is 5.92 Å². The lowest BCUT2D eigenvalue weighted by Crippen LogP contribution is -2.39. The second-order valence-corrected chi connectivity index (χ2v) is 7.03. The van der Waals surface area contributed by atoms with Crippen LogP contribution >= 0.6 is 15.9 Å². The third-order valence-corrected chi connectivity index (χ3v) is 5.20. The van der Waals surface area contributed by atoms with Crippen molar-refractivity contribution >= 4 is 21.8 Å². The van der Waals surface area contributed by atoms with Crippen molar-refractivity contribution in [3.05, 3.63) is 34.3 Å². The number of hydrogen-bond acceptors (Lipinski definition) is 2. The molecule has 2 fully saturated rings. The minimum atomic E-state index is -0.448. The van der Waals surface area contributed by atoms with Gasteiger partial charge in [-0.2, -0.15) is 0 Å². The molecule has 2 unspecified atom stereocenters. The number of benzene rings is 1. The van der Waals surface area contributed by atoms with Crippen LogP contribution in [0.3, 0.4) is 0 Å². The minimum Gasteiger partial charge on any atom is -0.392 e. The summed E-state index contributed by atoms with van der Waals surface area (Å²) in [4.78, 5) is 12.1. The van der Waals surface area contributed by atoms with Crippen molar-refractivity contribution in [1.29, 1.82) is 0 Å². The maximum absolute atomic E-state index is 12.1. The Morgan fingerprint density at radius 2 is 2.20 bits per heavy atom. The van der Waals surface area contributed by atoms with Gasteiger partial charge in [-0.3, -0.25) is 4.79 Å². The Balaban J connectivity index is 1.62. The first kappa shape index (κ1) is 14.1. The molecular formula is C16H20BrNO2. The number of rotatable bonds is 4. The molecule has 2 N–H and O–H groups in total. The van der Waals surface area contributed by atoms with Crippen LogP contribution in [-0.4, -0.2) is 23.7 Å². The van der Waals surface area contributed by atoms with E-state index in [1.54, 1.807) is 0 Å². The van der Waals surface area contributed by atoms with Gasteiger partial charge in [0.2, 0.25) is 5.91 Å². The van der Waals surface area contributed by atoms with Crippen molar-refractivity contribution in [1.82, 2.24) is 5.32 Å². The van der Waals surface area contributed by atoms with E-state index in [1.807, 2.05) is 12.1 Å². The average molecular weight is 338 g/mol. The molecule has 2 aliphatic carbocycles. The predicted octanol–water partition coefficient (Wildman–Crippen LogP) is 2.76. The largest absolute Gasteiger partial charge is 0.392 e. The molecule has 3 rings (SSSR count). The third kappa shape index (κ3) is 2.77. The summed E-state index contributed by atoms with van der Waals surface area (Å²) in [6.45, 7) is 0.686. The van der Waals surface area contributed by atoms with Crippen LogP contribution < -0.4 is 5.32 Å². The highest BCUT2D eigenvalue weighted by Crippen LogP contribution is 2.48. The first-order valence-corrected chi connectivity index (χ1v) is 8.12. The number of nitrogens with one attached hydrogen (secondary N) is 1. The Morgan fingerprint density at radius 3 is 2.80 bits per heavy atom. The number of aliphatic hydroxyl groups excluding tert-OH is 1. The van der Waals surface area contributed by atoms with Gasteiger partial charge < -0.3 is 10.4 Å². The maximum Gasteiger partial charge on any atom is 0.225 e. The van der Waals surface area contributed by atoms with Crippen molar-refractivity contribution in [2.45, 2.75) is 43.6 Å². The Labute approximate surface area is 127 Å². The van der Waals surface area contributed by atoms with Crippen LogP contribution in [0.1, 0.15) is 37.7 Å². The highest BCUT2D eigenvalue weighted by Gasteiger charge is 2.45. The van der Waals surface area contributed by atoms with Gasteiger partial charge in [0.05, 0.1) is 12.0 Å². The van der Waals surface area contributed by atoms with Crippen molar-refractivity contribution in [3.63, 3.8) is 0 Å². The van der Waals surface area contributed by atoms with E-state index in [9.17, 15) is 9.90 Å². The van der Waals surface area contributed by atoms with Gasteiger partial charge in [0.25, 0.3) is 0 Å². The zero-order chi connectivity index (χ0) is 14.2. The van der Waals surface area contributed by atoms with Crippen LogP contribution in [0.4, 0.5) is 0 Å². The quantitative estimate of drug-likeness (QED) is 0.887. The Hall–Kier alpha value is -0.870. The summed E-state index contributed by atoms with van der Waals surface area (Å²) >= 11 is 3.50. The summed E-state index contributed by atoms with van der Waals surface area (Å²) in [5.74, 6) is -0.176. The van der Waals surface area contributed by atoms with E-state index >= 15 is 0 Å². The predicted molar refractivity (Wildman–Crippen MR) is 81.4 cm³/mol. The highest BCUT2D eigenvalue weighted by molar-refractivity contribution is 9.10. The van der Waals surface area contributed by atoms with E-state index in [0.29, 0.717) is 6.54 Å². The fourth-order valence-electron chi connectivity index (χ4n) is 3.17. The molecule has 0 spiro atoms. The summed E-state index contributed by atoms with van der Waals surface area (Å²) in [5, 5.41) is 12.9. The van der Waals surface area contributed by atoms with Crippen molar-refractivity contribution in [2.75, 3.05) is 6.54 Å². The second kappa shape index (κ2) is 5.49. The smallest absolute Gasteiger partial charge is 0.225 e. The number of carbonyl (C=O) groups is 1. The SMILES string of the molecule is O=C(NCC1(c2cccc(Br)c2)CC1)C1CCCC1O. The molecule has 0 aromatic heterocycles. The standard InChI is InChI=1S/C16H20BrNO2/c17-12-4-1-3-11(9-12)16(7-8-16)10-18-15(20)13-5-2-6-14(13)19/h1,3-4,9,13-14,19H,2,5-8,10H2,(H,18,20). The van der Waals surface area contributed by atoms with Crippen LogP contribution in [0.25, 0.3) is 0 Å². The molecule has 20 heavy (non-hydrogen) atoms. The molecule has 108 valence electrons. The Bertz CT molecular complexity index is 513. The summed E-state index contributed by atoms with van der Waals surface area (Å²) in [7, 11) is 0. The summed E-state index contributed by atoms with van der Waals surface area (Å²) in [6, 6.07) is 8.34. The van der Waals surface area contributed by atoms with Crippen LogP contribution in [0.2, 0.25) is 0 Å². The monoisotopic (exact) mass is 337 g/mol. The van der Waals surface area contributed by atoms with Crippen molar-refractivity contribution < 1.29 is 9.90 Å². The topological polar surface area (TPSA) is 49.3 Å². The molecule has 1 amide bonds. The number of hydrogen-bond donors (Lipinski definition) is 2. The summed E-state index contributed by atoms with van der Waals surface area (Å²) < 4.78 is 1.08. The Morgan fingerprint density at radius 1 is 1.40 bits per heavy atom. The molecule has 0 bridgehead atoms. The van der Waals surface area contributed by atoms with Gasteiger partial charge in [0.1, 0.15) is 0 Å². The molecule has 0 saturated heterocycles.